The number of H-pyrrole nitrogens is 1. The van der Waals surface area contributed by atoms with Gasteiger partial charge in [-0.05, 0) is 30.3 Å². The lowest BCUT2D eigenvalue weighted by Crippen LogP contribution is -2.24. The SMILES string of the molecule is CCS(=O)(=O)c1ccc2oc(-c3c[nH]nc3-c3cccc(NC(=O)NC)c3)nc2c1. The van der Waals surface area contributed by atoms with E-state index in [0.29, 0.717) is 33.9 Å². The number of anilines is 1. The summed E-state index contributed by atoms with van der Waals surface area (Å²) in [6, 6.07) is 11.5. The summed E-state index contributed by atoms with van der Waals surface area (Å²) < 4.78 is 30.1. The third kappa shape index (κ3) is 3.64. The molecule has 2 heterocycles. The van der Waals surface area contributed by atoms with Gasteiger partial charge < -0.3 is 15.1 Å². The van der Waals surface area contributed by atoms with Crippen molar-refractivity contribution in [2.75, 3.05) is 18.1 Å². The molecule has 3 N–H and O–H groups in total. The van der Waals surface area contributed by atoms with Gasteiger partial charge in [0.05, 0.1) is 16.2 Å². The molecule has 0 saturated heterocycles. The summed E-state index contributed by atoms with van der Waals surface area (Å²) in [7, 11) is -1.81. The Bertz CT molecular complexity index is 1340. The fourth-order valence-corrected chi connectivity index (χ4v) is 3.89. The van der Waals surface area contributed by atoms with E-state index in [4.69, 9.17) is 4.42 Å². The molecule has 154 valence electrons. The average molecular weight is 425 g/mol. The Labute approximate surface area is 172 Å². The maximum atomic E-state index is 12.1. The number of fused-ring (bicyclic) bond motifs is 1. The average Bonchev–Trinajstić information content (AvgIpc) is 3.40. The van der Waals surface area contributed by atoms with Gasteiger partial charge in [0.25, 0.3) is 0 Å². The van der Waals surface area contributed by atoms with Gasteiger partial charge in [0.1, 0.15) is 11.2 Å². The van der Waals surface area contributed by atoms with Crippen molar-refractivity contribution in [2.45, 2.75) is 11.8 Å². The highest BCUT2D eigenvalue weighted by atomic mass is 32.2. The summed E-state index contributed by atoms with van der Waals surface area (Å²) in [5.74, 6) is 0.319. The van der Waals surface area contributed by atoms with Crippen LogP contribution in [0.3, 0.4) is 0 Å². The molecule has 0 aliphatic carbocycles. The molecule has 0 aliphatic rings. The summed E-state index contributed by atoms with van der Waals surface area (Å²) in [6.45, 7) is 1.60. The third-order valence-corrected chi connectivity index (χ3v) is 6.32. The summed E-state index contributed by atoms with van der Waals surface area (Å²) in [6.07, 6.45) is 1.66. The van der Waals surface area contributed by atoms with Crippen LogP contribution in [0.1, 0.15) is 6.92 Å². The number of rotatable bonds is 5. The monoisotopic (exact) mass is 425 g/mol. The molecule has 0 unspecified atom stereocenters. The van der Waals surface area contributed by atoms with Gasteiger partial charge in [-0.3, -0.25) is 5.10 Å². The first-order chi connectivity index (χ1) is 14.4. The van der Waals surface area contributed by atoms with Gasteiger partial charge in [-0.2, -0.15) is 5.10 Å². The van der Waals surface area contributed by atoms with Crippen LogP contribution >= 0.6 is 0 Å². The van der Waals surface area contributed by atoms with Crippen molar-refractivity contribution < 1.29 is 17.6 Å². The van der Waals surface area contributed by atoms with Crippen LogP contribution in [0.2, 0.25) is 0 Å². The van der Waals surface area contributed by atoms with Crippen LogP contribution in [0, 0.1) is 0 Å². The molecule has 0 saturated carbocycles. The number of sulfone groups is 1. The van der Waals surface area contributed by atoms with Crippen molar-refractivity contribution in [1.82, 2.24) is 20.5 Å². The Morgan fingerprint density at radius 2 is 2.03 bits per heavy atom. The summed E-state index contributed by atoms with van der Waals surface area (Å²) >= 11 is 0. The van der Waals surface area contributed by atoms with Gasteiger partial charge in [-0.15, -0.1) is 0 Å². The number of oxazole rings is 1. The van der Waals surface area contributed by atoms with E-state index in [1.807, 2.05) is 6.07 Å². The lowest BCUT2D eigenvalue weighted by Gasteiger charge is -2.06. The number of aromatic nitrogens is 3. The minimum Gasteiger partial charge on any atom is -0.436 e. The van der Waals surface area contributed by atoms with E-state index < -0.39 is 9.84 Å². The maximum Gasteiger partial charge on any atom is 0.318 e. The summed E-state index contributed by atoms with van der Waals surface area (Å²) in [5.41, 5.74) is 3.47. The molecule has 0 aliphatic heterocycles. The number of amides is 2. The van der Waals surface area contributed by atoms with Crippen LogP contribution in [-0.2, 0) is 9.84 Å². The molecule has 30 heavy (non-hydrogen) atoms. The normalized spacial score (nSPS) is 11.5. The number of nitrogens with one attached hydrogen (secondary N) is 3. The quantitative estimate of drug-likeness (QED) is 0.449. The lowest BCUT2D eigenvalue weighted by atomic mass is 10.1. The van der Waals surface area contributed by atoms with Crippen LogP contribution in [0.15, 0.2) is 58.0 Å². The topological polar surface area (TPSA) is 130 Å². The fourth-order valence-electron chi connectivity index (χ4n) is 2.99. The van der Waals surface area contributed by atoms with Gasteiger partial charge in [-0.25, -0.2) is 18.2 Å². The highest BCUT2D eigenvalue weighted by Crippen LogP contribution is 2.33. The van der Waals surface area contributed by atoms with Gasteiger partial charge in [0.15, 0.2) is 15.4 Å². The Balaban J connectivity index is 1.74. The molecule has 10 heteroatoms. The second-order valence-corrected chi connectivity index (χ2v) is 8.76. The smallest absolute Gasteiger partial charge is 0.318 e. The number of benzene rings is 2. The molecule has 0 radical (unpaired) electrons. The summed E-state index contributed by atoms with van der Waals surface area (Å²) in [4.78, 5) is 16.2. The number of aromatic amines is 1. The second kappa shape index (κ2) is 7.64. The molecule has 2 amide bonds. The van der Waals surface area contributed by atoms with Crippen molar-refractivity contribution >= 4 is 32.7 Å². The zero-order valence-electron chi connectivity index (χ0n) is 16.3. The highest BCUT2D eigenvalue weighted by molar-refractivity contribution is 7.91. The Morgan fingerprint density at radius 1 is 1.20 bits per heavy atom. The standard InChI is InChI=1S/C20H19N5O4S/c1-3-30(27,28)14-7-8-17-16(10-14)24-19(29-17)15-11-22-25-18(15)12-5-4-6-13(9-12)23-20(26)21-2/h4-11H,3H2,1-2H3,(H,22,25)(H2,21,23,26). The molecule has 0 atom stereocenters. The molecule has 4 rings (SSSR count). The molecular formula is C20H19N5O4S. The number of hydrogen-bond acceptors (Lipinski definition) is 6. The number of urea groups is 1. The van der Waals surface area contributed by atoms with Crippen LogP contribution < -0.4 is 10.6 Å². The van der Waals surface area contributed by atoms with Crippen LogP contribution in [0.25, 0.3) is 33.8 Å². The van der Waals surface area contributed by atoms with E-state index >= 15 is 0 Å². The van der Waals surface area contributed by atoms with E-state index in [9.17, 15) is 13.2 Å². The van der Waals surface area contributed by atoms with Gasteiger partial charge in [0, 0.05) is 24.5 Å². The first-order valence-electron chi connectivity index (χ1n) is 9.18. The number of hydrogen-bond donors (Lipinski definition) is 3. The Kier molecular flexibility index (Phi) is 5.00. The first kappa shape index (κ1) is 19.6. The maximum absolute atomic E-state index is 12.1. The zero-order chi connectivity index (χ0) is 21.3. The Hall–Kier alpha value is -3.66. The van der Waals surface area contributed by atoms with E-state index in [1.165, 1.54) is 19.2 Å². The van der Waals surface area contributed by atoms with Crippen molar-refractivity contribution in [3.8, 4) is 22.7 Å². The largest absolute Gasteiger partial charge is 0.436 e. The van der Waals surface area contributed by atoms with Crippen molar-refractivity contribution in [3.05, 3.63) is 48.7 Å². The van der Waals surface area contributed by atoms with Gasteiger partial charge >= 0.3 is 6.03 Å². The minimum absolute atomic E-state index is 0.00945. The number of nitrogens with zero attached hydrogens (tertiary/aromatic N) is 2. The number of carbonyl (C=O) groups excluding carboxylic acids is 1. The van der Waals surface area contributed by atoms with Crippen molar-refractivity contribution in [2.24, 2.45) is 0 Å². The number of carbonyl (C=O) groups is 1. The second-order valence-electron chi connectivity index (χ2n) is 6.48. The predicted molar refractivity (Wildman–Crippen MR) is 113 cm³/mol. The van der Waals surface area contributed by atoms with Crippen molar-refractivity contribution in [3.63, 3.8) is 0 Å². The minimum atomic E-state index is -3.34. The first-order valence-corrected chi connectivity index (χ1v) is 10.8. The zero-order valence-corrected chi connectivity index (χ0v) is 17.1. The fraction of sp³-hybridized carbons (Fsp3) is 0.150. The summed E-state index contributed by atoms with van der Waals surface area (Å²) in [5, 5.41) is 12.3. The van der Waals surface area contributed by atoms with E-state index in [1.54, 1.807) is 37.4 Å². The molecule has 9 nitrogen and oxygen atoms in total. The molecule has 0 bridgehead atoms. The third-order valence-electron chi connectivity index (χ3n) is 4.59. The van der Waals surface area contributed by atoms with Crippen LogP contribution in [0.5, 0.6) is 0 Å². The van der Waals surface area contributed by atoms with E-state index in [0.717, 1.165) is 5.56 Å². The molecule has 4 aromatic rings. The molecule has 0 fully saturated rings. The molecule has 2 aromatic carbocycles. The van der Waals surface area contributed by atoms with E-state index in [2.05, 4.69) is 25.8 Å². The molecule has 0 spiro atoms. The van der Waals surface area contributed by atoms with Gasteiger partial charge in [0.2, 0.25) is 5.89 Å². The predicted octanol–water partition coefficient (Wildman–Crippen LogP) is 3.43. The molecular weight excluding hydrogens is 406 g/mol. The molecule has 2 aromatic heterocycles. The van der Waals surface area contributed by atoms with Crippen LogP contribution in [-0.4, -0.2) is 42.4 Å². The van der Waals surface area contributed by atoms with E-state index in [-0.39, 0.29) is 16.7 Å². The lowest BCUT2D eigenvalue weighted by molar-refractivity contribution is 0.254. The van der Waals surface area contributed by atoms with Crippen molar-refractivity contribution in [1.29, 1.82) is 0 Å². The van der Waals surface area contributed by atoms with Gasteiger partial charge in [-0.1, -0.05) is 19.1 Å². The highest BCUT2D eigenvalue weighted by Gasteiger charge is 2.19. The Morgan fingerprint density at radius 3 is 2.80 bits per heavy atom. The van der Waals surface area contributed by atoms with Crippen LogP contribution in [0.4, 0.5) is 10.5 Å².